The lowest BCUT2D eigenvalue weighted by Gasteiger charge is -2.20. The predicted octanol–water partition coefficient (Wildman–Crippen LogP) is 3.79. The van der Waals surface area contributed by atoms with Crippen LogP contribution in [0.2, 0.25) is 0 Å². The molecule has 0 spiro atoms. The summed E-state index contributed by atoms with van der Waals surface area (Å²) in [6.07, 6.45) is 1.68. The molecule has 3 aromatic rings. The van der Waals surface area contributed by atoms with Crippen LogP contribution in [0.15, 0.2) is 54.7 Å². The fourth-order valence-corrected chi connectivity index (χ4v) is 3.11. The summed E-state index contributed by atoms with van der Waals surface area (Å²) in [6, 6.07) is 13.4. The molecule has 0 radical (unpaired) electrons. The highest BCUT2D eigenvalue weighted by Gasteiger charge is 2.13. The second-order valence-corrected chi connectivity index (χ2v) is 6.75. The Hall–Kier alpha value is -3.32. The van der Waals surface area contributed by atoms with Crippen molar-refractivity contribution in [2.24, 2.45) is 0 Å². The Balaban J connectivity index is 1.65. The maximum absolute atomic E-state index is 14.0. The minimum Gasteiger partial charge on any atom is -0.326 e. The van der Waals surface area contributed by atoms with Gasteiger partial charge >= 0.3 is 0 Å². The number of anilines is 2. The van der Waals surface area contributed by atoms with Gasteiger partial charge in [-0.15, -0.1) is 0 Å². The maximum Gasteiger partial charge on any atom is 0.238 e. The van der Waals surface area contributed by atoms with Gasteiger partial charge in [0.2, 0.25) is 11.8 Å². The average molecular weight is 394 g/mol. The molecule has 1 aromatic heterocycles. The molecule has 0 atom stereocenters. The number of hydrogen-bond donors (Lipinski definition) is 2. The maximum atomic E-state index is 14.0. The van der Waals surface area contributed by atoms with Crippen LogP contribution in [-0.2, 0) is 16.1 Å². The summed E-state index contributed by atoms with van der Waals surface area (Å²) in [5.41, 5.74) is 2.78. The summed E-state index contributed by atoms with van der Waals surface area (Å²) >= 11 is 0. The molecule has 1 heterocycles. The molecule has 29 heavy (non-hydrogen) atoms. The zero-order valence-electron chi connectivity index (χ0n) is 16.4. The molecule has 6 nitrogen and oxygen atoms in total. The number of hydrogen-bond acceptors (Lipinski definition) is 4. The molecular weight excluding hydrogens is 371 g/mol. The van der Waals surface area contributed by atoms with Gasteiger partial charge in [-0.25, -0.2) is 4.39 Å². The topological polar surface area (TPSA) is 74.3 Å². The SMILES string of the molecule is CCN(CC(=O)Nc1ccc(NC(C)=O)cc1)Cc1cc(F)cc2cccnc12. The smallest absolute Gasteiger partial charge is 0.238 e. The van der Waals surface area contributed by atoms with Crippen LogP contribution in [-0.4, -0.2) is 34.8 Å². The van der Waals surface area contributed by atoms with Gasteiger partial charge < -0.3 is 10.6 Å². The summed E-state index contributed by atoms with van der Waals surface area (Å²) in [7, 11) is 0. The molecule has 0 saturated heterocycles. The van der Waals surface area contributed by atoms with E-state index in [1.807, 2.05) is 17.9 Å². The zero-order chi connectivity index (χ0) is 20.8. The van der Waals surface area contributed by atoms with E-state index < -0.39 is 0 Å². The van der Waals surface area contributed by atoms with E-state index >= 15 is 0 Å². The predicted molar refractivity (Wildman–Crippen MR) is 112 cm³/mol. The van der Waals surface area contributed by atoms with E-state index in [1.165, 1.54) is 19.1 Å². The number of likely N-dealkylation sites (N-methyl/N-ethyl adjacent to an activating group) is 1. The molecule has 150 valence electrons. The number of amides is 2. The highest BCUT2D eigenvalue weighted by Crippen LogP contribution is 2.20. The van der Waals surface area contributed by atoms with Gasteiger partial charge in [0, 0.05) is 36.4 Å². The first-order valence-electron chi connectivity index (χ1n) is 9.37. The first-order chi connectivity index (χ1) is 13.9. The van der Waals surface area contributed by atoms with Crippen LogP contribution >= 0.6 is 0 Å². The number of halogens is 1. The lowest BCUT2D eigenvalue weighted by atomic mass is 10.1. The van der Waals surface area contributed by atoms with Crippen LogP contribution in [0, 0.1) is 5.82 Å². The van der Waals surface area contributed by atoms with Gasteiger partial charge in [-0.2, -0.15) is 0 Å². The molecular formula is C22H23FN4O2. The quantitative estimate of drug-likeness (QED) is 0.639. The second kappa shape index (κ2) is 9.25. The fraction of sp³-hybridized carbons (Fsp3) is 0.227. The number of rotatable bonds is 7. The number of carbonyl (C=O) groups excluding carboxylic acids is 2. The molecule has 0 saturated carbocycles. The number of nitrogens with one attached hydrogen (secondary N) is 2. The molecule has 2 N–H and O–H groups in total. The van der Waals surface area contributed by atoms with E-state index in [0.717, 1.165) is 16.5 Å². The monoisotopic (exact) mass is 394 g/mol. The van der Waals surface area contributed by atoms with Gasteiger partial charge in [-0.1, -0.05) is 13.0 Å². The van der Waals surface area contributed by atoms with E-state index in [0.29, 0.717) is 24.5 Å². The third-order valence-electron chi connectivity index (χ3n) is 4.45. The van der Waals surface area contributed by atoms with Crippen LogP contribution < -0.4 is 10.6 Å². The van der Waals surface area contributed by atoms with Gasteiger partial charge in [-0.05, 0) is 54.6 Å². The summed E-state index contributed by atoms with van der Waals surface area (Å²) in [5.74, 6) is -0.646. The van der Waals surface area contributed by atoms with Gasteiger partial charge in [0.1, 0.15) is 5.82 Å². The van der Waals surface area contributed by atoms with Crippen molar-refractivity contribution in [3.63, 3.8) is 0 Å². The lowest BCUT2D eigenvalue weighted by Crippen LogP contribution is -2.32. The number of fused-ring (bicyclic) bond motifs is 1. The summed E-state index contributed by atoms with van der Waals surface area (Å²) < 4.78 is 14.0. The van der Waals surface area contributed by atoms with Gasteiger partial charge in [0.25, 0.3) is 0 Å². The third kappa shape index (κ3) is 5.58. The Labute approximate surface area is 168 Å². The highest BCUT2D eigenvalue weighted by atomic mass is 19.1. The Bertz CT molecular complexity index is 1020. The van der Waals surface area contributed by atoms with Crippen molar-refractivity contribution in [3.05, 3.63) is 66.1 Å². The van der Waals surface area contributed by atoms with Crippen molar-refractivity contribution in [3.8, 4) is 0 Å². The summed E-state index contributed by atoms with van der Waals surface area (Å²) in [6.45, 7) is 4.59. The number of pyridine rings is 1. The van der Waals surface area contributed by atoms with Crippen LogP contribution in [0.4, 0.5) is 15.8 Å². The normalized spacial score (nSPS) is 10.9. The zero-order valence-corrected chi connectivity index (χ0v) is 16.4. The molecule has 0 unspecified atom stereocenters. The number of benzene rings is 2. The molecule has 3 rings (SSSR count). The molecule has 0 aliphatic rings. The molecule has 2 aromatic carbocycles. The molecule has 0 aliphatic heterocycles. The largest absolute Gasteiger partial charge is 0.326 e. The molecule has 7 heteroatoms. The first kappa shape index (κ1) is 20.4. The minimum absolute atomic E-state index is 0.153. The highest BCUT2D eigenvalue weighted by molar-refractivity contribution is 5.93. The molecule has 2 amide bonds. The molecule has 0 fully saturated rings. The lowest BCUT2D eigenvalue weighted by molar-refractivity contribution is -0.117. The Morgan fingerprint density at radius 1 is 1.07 bits per heavy atom. The summed E-state index contributed by atoms with van der Waals surface area (Å²) in [4.78, 5) is 29.8. The standard InChI is InChI=1S/C22H23FN4O2/c1-3-27(13-17-12-18(23)11-16-5-4-10-24-22(16)17)14-21(29)26-20-8-6-19(7-9-20)25-15(2)28/h4-12H,3,13-14H2,1-2H3,(H,25,28)(H,26,29). The van der Waals surface area contributed by atoms with E-state index in [1.54, 1.807) is 36.5 Å². The van der Waals surface area contributed by atoms with Crippen molar-refractivity contribution < 1.29 is 14.0 Å². The van der Waals surface area contributed by atoms with Gasteiger partial charge in [0.15, 0.2) is 0 Å². The van der Waals surface area contributed by atoms with Crippen LogP contribution in [0.1, 0.15) is 19.4 Å². The van der Waals surface area contributed by atoms with Crippen molar-refractivity contribution in [1.82, 2.24) is 9.88 Å². The Morgan fingerprint density at radius 3 is 2.41 bits per heavy atom. The van der Waals surface area contributed by atoms with E-state index in [4.69, 9.17) is 0 Å². The Kier molecular flexibility index (Phi) is 6.51. The molecule has 0 bridgehead atoms. The second-order valence-electron chi connectivity index (χ2n) is 6.75. The molecule has 0 aliphatic carbocycles. The van der Waals surface area contributed by atoms with Crippen molar-refractivity contribution in [1.29, 1.82) is 0 Å². The summed E-state index contributed by atoms with van der Waals surface area (Å²) in [5, 5.41) is 6.25. The van der Waals surface area contributed by atoms with Crippen molar-refractivity contribution >= 4 is 34.1 Å². The van der Waals surface area contributed by atoms with Crippen molar-refractivity contribution in [2.75, 3.05) is 23.7 Å². The van der Waals surface area contributed by atoms with Gasteiger partial charge in [0.05, 0.1) is 12.1 Å². The van der Waals surface area contributed by atoms with Crippen molar-refractivity contribution in [2.45, 2.75) is 20.4 Å². The van der Waals surface area contributed by atoms with Crippen LogP contribution in [0.3, 0.4) is 0 Å². The van der Waals surface area contributed by atoms with E-state index in [-0.39, 0.29) is 24.2 Å². The number of carbonyl (C=O) groups is 2. The Morgan fingerprint density at radius 2 is 1.76 bits per heavy atom. The van der Waals surface area contributed by atoms with E-state index in [2.05, 4.69) is 15.6 Å². The first-order valence-corrected chi connectivity index (χ1v) is 9.37. The number of nitrogens with zero attached hydrogens (tertiary/aromatic N) is 2. The van der Waals surface area contributed by atoms with Crippen LogP contribution in [0.25, 0.3) is 10.9 Å². The minimum atomic E-state index is -0.319. The van der Waals surface area contributed by atoms with Gasteiger partial charge in [-0.3, -0.25) is 19.5 Å². The van der Waals surface area contributed by atoms with Crippen LogP contribution in [0.5, 0.6) is 0 Å². The average Bonchev–Trinajstić information content (AvgIpc) is 2.68. The third-order valence-corrected chi connectivity index (χ3v) is 4.45. The number of aromatic nitrogens is 1. The fourth-order valence-electron chi connectivity index (χ4n) is 3.11. The van der Waals surface area contributed by atoms with E-state index in [9.17, 15) is 14.0 Å².